The quantitative estimate of drug-likeness (QED) is 0.529. The SMILES string of the molecule is BC1OC1(Cn1ncn[c]1[SrH])c1cccc(F)c1. The van der Waals surface area contributed by atoms with E-state index in [0.29, 0.717) is 49.8 Å². The normalized spacial score (nSPS) is 26.1. The number of nitrogens with zero attached hydrogens (tertiary/aromatic N) is 3. The Morgan fingerprint density at radius 1 is 1.56 bits per heavy atom. The molecular formula is C11H11BFN3OSr. The van der Waals surface area contributed by atoms with E-state index in [1.807, 2.05) is 18.6 Å². The summed E-state index contributed by atoms with van der Waals surface area (Å²) in [6.45, 7) is 0.611. The van der Waals surface area contributed by atoms with Crippen molar-refractivity contribution in [3.8, 4) is 0 Å². The molecule has 1 aliphatic heterocycles. The number of rotatable bonds is 3. The molecule has 2 unspecified atom stereocenters. The molecule has 0 saturated carbocycles. The van der Waals surface area contributed by atoms with Gasteiger partial charge >= 0.3 is 136 Å². The molecule has 0 amide bonds. The zero-order valence-corrected chi connectivity index (χ0v) is 15.2. The summed E-state index contributed by atoms with van der Waals surface area (Å²) in [7, 11) is 2.00. The van der Waals surface area contributed by atoms with Gasteiger partial charge in [0, 0.05) is 0 Å². The van der Waals surface area contributed by atoms with Crippen molar-refractivity contribution in [3.63, 3.8) is 0 Å². The molecule has 1 aromatic heterocycles. The first kappa shape index (κ1) is 12.8. The predicted molar refractivity (Wildman–Crippen MR) is 68.3 cm³/mol. The Kier molecular flexibility index (Phi) is 3.36. The molecule has 1 aromatic carbocycles. The molecule has 88 valence electrons. The maximum absolute atomic E-state index is 13.3. The minimum absolute atomic E-state index is 0.0816. The summed E-state index contributed by atoms with van der Waals surface area (Å²) in [6.07, 6.45) is 1.57. The van der Waals surface area contributed by atoms with Crippen LogP contribution in [0.25, 0.3) is 0 Å². The number of hydrogen-bond acceptors (Lipinski definition) is 3. The van der Waals surface area contributed by atoms with Crippen molar-refractivity contribution in [1.29, 1.82) is 0 Å². The standard InChI is InChI=1S/C11H10BFN3O.Sr.H/c12-10-11(17-10,5-16-7-14-6-15-16)8-2-1-3-9(13)4-8;;/h1-4,6,10H,5,12H2;;. The zero-order chi connectivity index (χ0) is 12.8. The average Bonchev–Trinajstić information content (AvgIpc) is 2.82. The molecule has 2 atom stereocenters. The Hall–Kier alpha value is -0.205. The van der Waals surface area contributed by atoms with E-state index in [9.17, 15) is 4.39 Å². The van der Waals surface area contributed by atoms with E-state index in [1.54, 1.807) is 18.5 Å². The summed E-state index contributed by atoms with van der Waals surface area (Å²) < 4.78 is 22.0. The third kappa shape index (κ3) is 2.18. The van der Waals surface area contributed by atoms with Gasteiger partial charge in [0.05, 0.1) is 0 Å². The second-order valence-corrected chi connectivity index (χ2v) is 6.82. The number of epoxide rings is 1. The summed E-state index contributed by atoms with van der Waals surface area (Å²) in [4.78, 5) is 4.18. The Labute approximate surface area is 134 Å². The van der Waals surface area contributed by atoms with Gasteiger partial charge in [-0.05, 0) is 0 Å². The van der Waals surface area contributed by atoms with E-state index < -0.39 is 5.60 Å². The van der Waals surface area contributed by atoms with E-state index in [0.717, 1.165) is 6.36 Å². The van der Waals surface area contributed by atoms with Crippen molar-refractivity contribution < 1.29 is 9.13 Å². The monoisotopic (exact) mass is 319 g/mol. The van der Waals surface area contributed by atoms with Crippen molar-refractivity contribution in [2.45, 2.75) is 18.1 Å². The van der Waals surface area contributed by atoms with Crippen molar-refractivity contribution in [2.24, 2.45) is 0 Å². The van der Waals surface area contributed by atoms with Gasteiger partial charge in [-0.25, -0.2) is 0 Å². The van der Waals surface area contributed by atoms with Crippen LogP contribution in [-0.4, -0.2) is 71.9 Å². The van der Waals surface area contributed by atoms with E-state index in [2.05, 4.69) is 10.1 Å². The van der Waals surface area contributed by atoms with Gasteiger partial charge in [-0.2, -0.15) is 0 Å². The van der Waals surface area contributed by atoms with Crippen LogP contribution in [0.3, 0.4) is 0 Å². The first-order valence-electron chi connectivity index (χ1n) is 5.90. The predicted octanol–water partition coefficient (Wildman–Crippen LogP) is -1.17. The summed E-state index contributed by atoms with van der Waals surface area (Å²) >= 11 is 0.292. The molecule has 18 heavy (non-hydrogen) atoms. The molecule has 0 bridgehead atoms. The summed E-state index contributed by atoms with van der Waals surface area (Å²) in [6, 6.07) is 6.69. The first-order chi connectivity index (χ1) is 8.62. The molecule has 2 heterocycles. The van der Waals surface area contributed by atoms with Gasteiger partial charge in [0.25, 0.3) is 0 Å². The van der Waals surface area contributed by atoms with E-state index in [-0.39, 0.29) is 11.8 Å². The molecule has 0 spiro atoms. The fourth-order valence-corrected chi connectivity index (χ4v) is 3.25. The first-order valence-corrected chi connectivity index (χ1v) is 8.36. The molecule has 7 heteroatoms. The van der Waals surface area contributed by atoms with Gasteiger partial charge in [-0.1, -0.05) is 0 Å². The van der Waals surface area contributed by atoms with Gasteiger partial charge in [-0.3, -0.25) is 0 Å². The van der Waals surface area contributed by atoms with E-state index in [4.69, 9.17) is 4.74 Å². The van der Waals surface area contributed by atoms with Crippen LogP contribution in [0.2, 0.25) is 0 Å². The fraction of sp³-hybridized carbons (Fsp3) is 0.273. The van der Waals surface area contributed by atoms with Gasteiger partial charge < -0.3 is 0 Å². The van der Waals surface area contributed by atoms with Crippen molar-refractivity contribution >= 4 is 51.9 Å². The molecule has 1 fully saturated rings. The van der Waals surface area contributed by atoms with Crippen LogP contribution in [0.1, 0.15) is 5.56 Å². The molecular weight excluding hydrogens is 308 g/mol. The van der Waals surface area contributed by atoms with Crippen LogP contribution in [0, 0.1) is 5.82 Å². The third-order valence-electron chi connectivity index (χ3n) is 3.49. The molecule has 0 aliphatic carbocycles. The average molecular weight is 319 g/mol. The van der Waals surface area contributed by atoms with Crippen molar-refractivity contribution in [3.05, 3.63) is 42.0 Å². The molecule has 0 radical (unpaired) electrons. The number of ether oxygens (including phenoxy) is 1. The molecule has 1 aliphatic rings. The van der Waals surface area contributed by atoms with Gasteiger partial charge in [0.15, 0.2) is 0 Å². The van der Waals surface area contributed by atoms with Crippen molar-refractivity contribution in [1.82, 2.24) is 14.8 Å². The van der Waals surface area contributed by atoms with Crippen LogP contribution in [0.15, 0.2) is 30.6 Å². The second-order valence-electron chi connectivity index (χ2n) is 4.62. The zero-order valence-electron chi connectivity index (χ0n) is 10.3. The van der Waals surface area contributed by atoms with Crippen LogP contribution in [0.4, 0.5) is 4.39 Å². The Bertz CT molecular complexity index is 593. The summed E-state index contributed by atoms with van der Waals surface area (Å²) in [5.74, 6) is -0.232. The second kappa shape index (κ2) is 4.72. The summed E-state index contributed by atoms with van der Waals surface area (Å²) in [5.41, 5.74) is 0.437. The number of aromatic nitrogens is 3. The molecule has 3 rings (SSSR count). The molecule has 2 aromatic rings. The number of benzene rings is 1. The third-order valence-corrected chi connectivity index (χ3v) is 5.40. The topological polar surface area (TPSA) is 43.2 Å². The van der Waals surface area contributed by atoms with Gasteiger partial charge in [-0.15, -0.1) is 0 Å². The molecule has 0 N–H and O–H groups in total. The fourth-order valence-electron chi connectivity index (χ4n) is 2.29. The minimum atomic E-state index is -0.438. The van der Waals surface area contributed by atoms with Crippen molar-refractivity contribution in [2.75, 3.05) is 0 Å². The Balaban J connectivity index is 1.94. The van der Waals surface area contributed by atoms with Crippen LogP contribution >= 0.6 is 0 Å². The van der Waals surface area contributed by atoms with E-state index >= 15 is 0 Å². The van der Waals surface area contributed by atoms with Crippen LogP contribution in [0.5, 0.6) is 0 Å². The van der Waals surface area contributed by atoms with E-state index in [1.165, 1.54) is 6.07 Å². The number of hydrogen-bond donors (Lipinski definition) is 0. The number of halogens is 1. The Morgan fingerprint density at radius 2 is 2.33 bits per heavy atom. The molecule has 4 nitrogen and oxygen atoms in total. The van der Waals surface area contributed by atoms with Crippen LogP contribution < -0.4 is 0.795 Å². The van der Waals surface area contributed by atoms with Gasteiger partial charge in [0.1, 0.15) is 0 Å². The summed E-state index contributed by atoms with van der Waals surface area (Å²) in [5, 5.41) is 4.21. The Morgan fingerprint density at radius 3 is 2.89 bits per heavy atom. The van der Waals surface area contributed by atoms with Crippen LogP contribution in [-0.2, 0) is 16.9 Å². The van der Waals surface area contributed by atoms with Gasteiger partial charge in [0.2, 0.25) is 0 Å². The molecule has 1 saturated heterocycles. The maximum atomic E-state index is 13.3.